The molecule has 4 rings (SSSR count). The van der Waals surface area contributed by atoms with Gasteiger partial charge < -0.3 is 14.5 Å². The van der Waals surface area contributed by atoms with Gasteiger partial charge in [0.25, 0.3) is 5.91 Å². The highest BCUT2D eigenvalue weighted by Gasteiger charge is 2.25. The number of carbonyl (C=O) groups excluding carboxylic acids is 1. The quantitative estimate of drug-likeness (QED) is 0.808. The van der Waals surface area contributed by atoms with Crippen molar-refractivity contribution >= 4 is 11.7 Å². The average Bonchev–Trinajstić information content (AvgIpc) is 3.20. The number of likely N-dealkylation sites (N-methyl/N-ethyl adjacent to an activating group) is 1. The highest BCUT2D eigenvalue weighted by molar-refractivity contribution is 5.93. The Bertz CT molecular complexity index is 898. The van der Waals surface area contributed by atoms with Crippen molar-refractivity contribution in [3.05, 3.63) is 42.2 Å². The maximum Gasteiger partial charge on any atom is 0.274 e. The number of aromatic nitrogens is 3. The molecule has 1 atom stereocenters. The number of amides is 1. The molecule has 4 heterocycles. The number of carbonyl (C=O) groups is 1. The maximum absolute atomic E-state index is 13.0. The third kappa shape index (κ3) is 3.71. The van der Waals surface area contributed by atoms with Gasteiger partial charge in [-0.25, -0.2) is 4.68 Å². The van der Waals surface area contributed by atoms with E-state index in [0.29, 0.717) is 36.7 Å². The number of nitrogens with zero attached hydrogens (tertiary/aromatic N) is 7. The van der Waals surface area contributed by atoms with Crippen LogP contribution in [0.5, 0.6) is 0 Å². The van der Waals surface area contributed by atoms with Crippen LogP contribution in [0, 0.1) is 0 Å². The minimum Gasteiger partial charge on any atom is -0.358 e. The monoisotopic (exact) mass is 381 g/mol. The molecular weight excluding hydrogens is 358 g/mol. The number of azo groups is 1. The van der Waals surface area contributed by atoms with E-state index in [9.17, 15) is 4.79 Å². The molecule has 2 aromatic heterocycles. The summed E-state index contributed by atoms with van der Waals surface area (Å²) < 4.78 is 6.85. The molecule has 1 fully saturated rings. The van der Waals surface area contributed by atoms with Gasteiger partial charge in [-0.15, -0.1) is 5.11 Å². The van der Waals surface area contributed by atoms with Gasteiger partial charge >= 0.3 is 0 Å². The summed E-state index contributed by atoms with van der Waals surface area (Å²) in [6.45, 7) is 3.10. The zero-order chi connectivity index (χ0) is 19.5. The highest BCUT2D eigenvalue weighted by atomic mass is 16.5. The second kappa shape index (κ2) is 7.99. The molecule has 0 aromatic carbocycles. The van der Waals surface area contributed by atoms with Gasteiger partial charge in [-0.1, -0.05) is 6.07 Å². The first-order chi connectivity index (χ1) is 13.7. The molecule has 2 aliphatic heterocycles. The van der Waals surface area contributed by atoms with Gasteiger partial charge in [-0.05, 0) is 31.3 Å². The van der Waals surface area contributed by atoms with Crippen LogP contribution in [0.1, 0.15) is 16.9 Å². The summed E-state index contributed by atoms with van der Waals surface area (Å²) in [5.74, 6) is 0.485. The molecule has 2 aromatic rings. The van der Waals surface area contributed by atoms with Crippen molar-refractivity contribution in [2.45, 2.75) is 12.6 Å². The number of methoxy groups -OCH3 is 1. The first-order valence-electron chi connectivity index (χ1n) is 9.29. The van der Waals surface area contributed by atoms with Crippen LogP contribution in [0.15, 0.2) is 46.8 Å². The number of piperazine rings is 1. The summed E-state index contributed by atoms with van der Waals surface area (Å²) in [4.78, 5) is 21.5. The summed E-state index contributed by atoms with van der Waals surface area (Å²) in [5, 5.41) is 12.9. The van der Waals surface area contributed by atoms with Gasteiger partial charge in [-0.2, -0.15) is 10.2 Å². The molecule has 0 N–H and O–H groups in total. The second-order valence-electron chi connectivity index (χ2n) is 6.84. The molecule has 1 amide bonds. The highest BCUT2D eigenvalue weighted by Crippen LogP contribution is 2.26. The molecule has 0 saturated carbocycles. The Kier molecular flexibility index (Phi) is 5.27. The summed E-state index contributed by atoms with van der Waals surface area (Å²) in [6, 6.07) is 7.42. The van der Waals surface area contributed by atoms with Crippen LogP contribution < -0.4 is 0 Å². The first-order valence-corrected chi connectivity index (χ1v) is 9.29. The molecule has 0 radical (unpaired) electrons. The minimum atomic E-state index is -0.288. The molecule has 0 aliphatic carbocycles. The SMILES string of the molecule is COC1CC=C(n2nc(C(=O)N3CCN(C)CC3)cc2-c2ccccn2)N=N1. The number of hydrogen-bond donors (Lipinski definition) is 0. The number of ether oxygens (including phenoxy) is 1. The predicted octanol–water partition coefficient (Wildman–Crippen LogP) is 1.96. The van der Waals surface area contributed by atoms with E-state index < -0.39 is 0 Å². The largest absolute Gasteiger partial charge is 0.358 e. The molecular formula is C19H23N7O2. The third-order valence-corrected chi connectivity index (χ3v) is 4.93. The molecule has 0 bridgehead atoms. The van der Waals surface area contributed by atoms with Crippen LogP contribution in [0.4, 0.5) is 0 Å². The number of rotatable bonds is 4. The van der Waals surface area contributed by atoms with Crippen molar-refractivity contribution in [3.8, 4) is 11.4 Å². The standard InChI is InChI=1S/C19H23N7O2/c1-24-9-11-25(12-10-24)19(27)15-13-16(14-5-3-4-8-20-14)26(23-15)17-6-7-18(28-2)22-21-17/h3-6,8,13,18H,7,9-12H2,1-2H3. The minimum absolute atomic E-state index is 0.0767. The lowest BCUT2D eigenvalue weighted by Crippen LogP contribution is -2.47. The van der Waals surface area contributed by atoms with E-state index in [-0.39, 0.29) is 12.1 Å². The molecule has 1 saturated heterocycles. The van der Waals surface area contributed by atoms with Crippen LogP contribution in [0.2, 0.25) is 0 Å². The van der Waals surface area contributed by atoms with E-state index in [1.54, 1.807) is 24.1 Å². The zero-order valence-corrected chi connectivity index (χ0v) is 16.0. The van der Waals surface area contributed by atoms with Gasteiger partial charge in [0.15, 0.2) is 17.7 Å². The third-order valence-electron chi connectivity index (χ3n) is 4.93. The first kappa shape index (κ1) is 18.5. The second-order valence-corrected chi connectivity index (χ2v) is 6.84. The van der Waals surface area contributed by atoms with Crippen molar-refractivity contribution < 1.29 is 9.53 Å². The molecule has 146 valence electrons. The van der Waals surface area contributed by atoms with E-state index in [1.165, 1.54) is 0 Å². The van der Waals surface area contributed by atoms with Crippen LogP contribution >= 0.6 is 0 Å². The van der Waals surface area contributed by atoms with Crippen molar-refractivity contribution in [2.75, 3.05) is 40.3 Å². The van der Waals surface area contributed by atoms with E-state index >= 15 is 0 Å². The Morgan fingerprint density at radius 1 is 1.21 bits per heavy atom. The summed E-state index contributed by atoms with van der Waals surface area (Å²) >= 11 is 0. The van der Waals surface area contributed by atoms with Crippen LogP contribution in [0.25, 0.3) is 17.2 Å². The van der Waals surface area contributed by atoms with Crippen LogP contribution in [-0.2, 0) is 4.74 Å². The summed E-state index contributed by atoms with van der Waals surface area (Å²) in [7, 11) is 3.66. The van der Waals surface area contributed by atoms with E-state index in [1.807, 2.05) is 29.2 Å². The molecule has 9 nitrogen and oxygen atoms in total. The van der Waals surface area contributed by atoms with Crippen molar-refractivity contribution in [1.29, 1.82) is 0 Å². The smallest absolute Gasteiger partial charge is 0.274 e. The molecule has 0 spiro atoms. The Morgan fingerprint density at radius 2 is 2.04 bits per heavy atom. The zero-order valence-electron chi connectivity index (χ0n) is 16.0. The van der Waals surface area contributed by atoms with Gasteiger partial charge in [0, 0.05) is 45.9 Å². The Hall–Kier alpha value is -2.91. The fourth-order valence-electron chi connectivity index (χ4n) is 3.22. The average molecular weight is 381 g/mol. The Balaban J connectivity index is 1.68. The normalized spacial score (nSPS) is 20.3. The fourth-order valence-corrected chi connectivity index (χ4v) is 3.22. The van der Waals surface area contributed by atoms with Gasteiger partial charge in [0.05, 0.1) is 11.4 Å². The lowest BCUT2D eigenvalue weighted by Gasteiger charge is -2.31. The molecule has 9 heteroatoms. The van der Waals surface area contributed by atoms with Gasteiger partial charge in [0.2, 0.25) is 0 Å². The van der Waals surface area contributed by atoms with Crippen LogP contribution in [0.3, 0.4) is 0 Å². The predicted molar refractivity (Wildman–Crippen MR) is 103 cm³/mol. The summed E-state index contributed by atoms with van der Waals surface area (Å²) in [5.41, 5.74) is 1.81. The van der Waals surface area contributed by atoms with E-state index in [0.717, 1.165) is 18.8 Å². The lowest BCUT2D eigenvalue weighted by molar-refractivity contribution is 0.0657. The molecule has 2 aliphatic rings. The van der Waals surface area contributed by atoms with Crippen LogP contribution in [-0.4, -0.2) is 77.0 Å². The fraction of sp³-hybridized carbons (Fsp3) is 0.421. The Morgan fingerprint density at radius 3 is 2.68 bits per heavy atom. The number of pyridine rings is 1. The van der Waals surface area contributed by atoms with E-state index in [2.05, 4.69) is 32.3 Å². The topological polar surface area (TPSA) is 88.2 Å². The maximum atomic E-state index is 13.0. The molecule has 28 heavy (non-hydrogen) atoms. The van der Waals surface area contributed by atoms with Crippen molar-refractivity contribution in [2.24, 2.45) is 10.2 Å². The summed E-state index contributed by atoms with van der Waals surface area (Å²) in [6.07, 6.45) is 3.93. The Labute approximate surface area is 163 Å². The van der Waals surface area contributed by atoms with Crippen molar-refractivity contribution in [3.63, 3.8) is 0 Å². The van der Waals surface area contributed by atoms with Gasteiger partial charge in [0.1, 0.15) is 0 Å². The molecule has 1 unspecified atom stereocenters. The van der Waals surface area contributed by atoms with Crippen molar-refractivity contribution in [1.82, 2.24) is 24.6 Å². The number of hydrogen-bond acceptors (Lipinski definition) is 7. The van der Waals surface area contributed by atoms with Gasteiger partial charge in [-0.3, -0.25) is 9.78 Å². The lowest BCUT2D eigenvalue weighted by atomic mass is 10.2. The van der Waals surface area contributed by atoms with E-state index in [4.69, 9.17) is 4.74 Å².